The van der Waals surface area contributed by atoms with Crippen molar-refractivity contribution in [2.24, 2.45) is 10.7 Å². The number of nitrogens with zero attached hydrogens (tertiary/aromatic N) is 2. The van der Waals surface area contributed by atoms with E-state index in [9.17, 15) is 4.39 Å². The average molecular weight is 251 g/mol. The minimum Gasteiger partial charge on any atom is -0.385 e. The molecule has 0 spiro atoms. The van der Waals surface area contributed by atoms with Gasteiger partial charge in [-0.25, -0.2) is 4.39 Å². The van der Waals surface area contributed by atoms with Crippen molar-refractivity contribution in [1.82, 2.24) is 0 Å². The van der Waals surface area contributed by atoms with Gasteiger partial charge in [0.25, 0.3) is 0 Å². The molecule has 0 aromatic heterocycles. The highest BCUT2D eigenvalue weighted by Crippen LogP contribution is 2.31. The molecule has 0 saturated carbocycles. The van der Waals surface area contributed by atoms with E-state index in [1.165, 1.54) is 12.1 Å². The summed E-state index contributed by atoms with van der Waals surface area (Å²) in [7, 11) is 1.67. The fourth-order valence-corrected chi connectivity index (χ4v) is 2.22. The number of methoxy groups -OCH3 is 1. The molecule has 98 valence electrons. The van der Waals surface area contributed by atoms with Crippen LogP contribution in [0.4, 0.5) is 10.1 Å². The van der Waals surface area contributed by atoms with Gasteiger partial charge in [0, 0.05) is 19.4 Å². The van der Waals surface area contributed by atoms with E-state index in [0.29, 0.717) is 19.1 Å². The largest absolute Gasteiger partial charge is 0.385 e. The Morgan fingerprint density at radius 2 is 2.11 bits per heavy atom. The number of aliphatic imine (C=N–C) groups is 1. The number of hydrogen-bond acceptors (Lipinski definition) is 4. The highest BCUT2D eigenvalue weighted by molar-refractivity contribution is 5.98. The second-order valence-corrected chi connectivity index (χ2v) is 4.73. The number of hydrogen-bond donors (Lipinski definition) is 1. The normalized spacial score (nSPS) is 23.3. The molecular weight excluding hydrogens is 233 g/mol. The van der Waals surface area contributed by atoms with Gasteiger partial charge in [0.1, 0.15) is 5.82 Å². The topological polar surface area (TPSA) is 50.9 Å². The van der Waals surface area contributed by atoms with Crippen LogP contribution in [-0.2, 0) is 4.74 Å². The molecule has 0 bridgehead atoms. The van der Waals surface area contributed by atoms with Crippen LogP contribution in [0.3, 0.4) is 0 Å². The van der Waals surface area contributed by atoms with E-state index in [0.717, 1.165) is 12.1 Å². The maximum atomic E-state index is 13.0. The van der Waals surface area contributed by atoms with Crippen LogP contribution < -0.4 is 10.6 Å². The molecule has 5 heteroatoms. The molecule has 1 heterocycles. The molecule has 1 aliphatic heterocycles. The molecule has 18 heavy (non-hydrogen) atoms. The number of anilines is 1. The van der Waals surface area contributed by atoms with Gasteiger partial charge in [-0.2, -0.15) is 0 Å². The zero-order valence-corrected chi connectivity index (χ0v) is 10.7. The standard InChI is InChI=1S/C13H18FN3O/c1-13(7-8-18-2)9-16-12(15)17(13)11-5-3-10(14)4-6-11/h3-6H,7-9H2,1-2H3,(H2,15,16). The molecule has 1 aromatic carbocycles. The van der Waals surface area contributed by atoms with Gasteiger partial charge in [0.15, 0.2) is 5.96 Å². The molecule has 0 radical (unpaired) electrons. The van der Waals surface area contributed by atoms with Crippen molar-refractivity contribution in [3.63, 3.8) is 0 Å². The summed E-state index contributed by atoms with van der Waals surface area (Å²) in [4.78, 5) is 6.24. The van der Waals surface area contributed by atoms with Crippen LogP contribution in [0.15, 0.2) is 29.3 Å². The Morgan fingerprint density at radius 3 is 2.72 bits per heavy atom. The van der Waals surface area contributed by atoms with Gasteiger partial charge in [-0.05, 0) is 37.6 Å². The molecule has 4 nitrogen and oxygen atoms in total. The fraction of sp³-hybridized carbons (Fsp3) is 0.462. The Morgan fingerprint density at radius 1 is 1.44 bits per heavy atom. The molecule has 1 aromatic rings. The smallest absolute Gasteiger partial charge is 0.196 e. The third-order valence-corrected chi connectivity index (χ3v) is 3.28. The summed E-state index contributed by atoms with van der Waals surface area (Å²) in [5.74, 6) is 0.215. The van der Waals surface area contributed by atoms with Crippen molar-refractivity contribution in [1.29, 1.82) is 0 Å². The molecule has 2 N–H and O–H groups in total. The van der Waals surface area contributed by atoms with E-state index in [4.69, 9.17) is 10.5 Å². The van der Waals surface area contributed by atoms with Crippen molar-refractivity contribution >= 4 is 11.6 Å². The molecule has 1 aliphatic rings. The first-order chi connectivity index (χ1) is 8.57. The van der Waals surface area contributed by atoms with E-state index in [1.54, 1.807) is 19.2 Å². The Kier molecular flexibility index (Phi) is 3.52. The third-order valence-electron chi connectivity index (χ3n) is 3.28. The van der Waals surface area contributed by atoms with Gasteiger partial charge in [-0.1, -0.05) is 0 Å². The quantitative estimate of drug-likeness (QED) is 0.887. The predicted octanol–water partition coefficient (Wildman–Crippen LogP) is 1.76. The van der Waals surface area contributed by atoms with Crippen LogP contribution in [0.5, 0.6) is 0 Å². The Hall–Kier alpha value is -1.62. The van der Waals surface area contributed by atoms with Gasteiger partial charge in [0.05, 0.1) is 12.1 Å². The van der Waals surface area contributed by atoms with E-state index < -0.39 is 0 Å². The number of benzene rings is 1. The first kappa shape index (κ1) is 12.8. The van der Waals surface area contributed by atoms with Crippen molar-refractivity contribution in [3.8, 4) is 0 Å². The first-order valence-corrected chi connectivity index (χ1v) is 5.91. The Balaban J connectivity index is 2.27. The number of halogens is 1. The van der Waals surface area contributed by atoms with Crippen LogP contribution in [0.25, 0.3) is 0 Å². The predicted molar refractivity (Wildman–Crippen MR) is 70.3 cm³/mol. The number of ether oxygens (including phenoxy) is 1. The van der Waals surface area contributed by atoms with Crippen LogP contribution in [0, 0.1) is 5.82 Å². The van der Waals surface area contributed by atoms with E-state index in [2.05, 4.69) is 11.9 Å². The van der Waals surface area contributed by atoms with Gasteiger partial charge in [0.2, 0.25) is 0 Å². The fourth-order valence-electron chi connectivity index (χ4n) is 2.22. The molecule has 1 atom stereocenters. The first-order valence-electron chi connectivity index (χ1n) is 5.91. The zero-order chi connectivity index (χ0) is 13.2. The van der Waals surface area contributed by atoms with Gasteiger partial charge in [-0.15, -0.1) is 0 Å². The summed E-state index contributed by atoms with van der Waals surface area (Å²) in [6.07, 6.45) is 0.811. The molecule has 0 aliphatic carbocycles. The van der Waals surface area contributed by atoms with Gasteiger partial charge >= 0.3 is 0 Å². The Bertz CT molecular complexity index is 446. The maximum Gasteiger partial charge on any atom is 0.196 e. The second kappa shape index (κ2) is 4.94. The molecule has 2 rings (SSSR count). The summed E-state index contributed by atoms with van der Waals surface area (Å²) in [5.41, 5.74) is 6.58. The van der Waals surface area contributed by atoms with Crippen molar-refractivity contribution in [3.05, 3.63) is 30.1 Å². The van der Waals surface area contributed by atoms with Crippen molar-refractivity contribution in [2.45, 2.75) is 18.9 Å². The van der Waals surface area contributed by atoms with Crippen LogP contribution in [-0.4, -0.2) is 31.8 Å². The Labute approximate surface area is 106 Å². The van der Waals surface area contributed by atoms with E-state index in [1.807, 2.05) is 4.90 Å². The van der Waals surface area contributed by atoms with Crippen molar-refractivity contribution in [2.75, 3.05) is 25.2 Å². The lowest BCUT2D eigenvalue weighted by Crippen LogP contribution is -2.50. The summed E-state index contributed by atoms with van der Waals surface area (Å²) >= 11 is 0. The SMILES string of the molecule is COCCC1(C)CN=C(N)N1c1ccc(F)cc1. The third kappa shape index (κ3) is 2.31. The lowest BCUT2D eigenvalue weighted by Gasteiger charge is -2.36. The summed E-state index contributed by atoms with van der Waals surface area (Å²) in [5, 5.41) is 0. The van der Waals surface area contributed by atoms with Crippen LogP contribution in [0.2, 0.25) is 0 Å². The lowest BCUT2D eigenvalue weighted by atomic mass is 9.96. The average Bonchev–Trinajstić information content (AvgIpc) is 2.65. The molecule has 0 fully saturated rings. The number of guanidine groups is 1. The molecular formula is C13H18FN3O. The molecule has 1 unspecified atom stereocenters. The van der Waals surface area contributed by atoms with Crippen molar-refractivity contribution < 1.29 is 9.13 Å². The summed E-state index contributed by atoms with van der Waals surface area (Å²) in [6, 6.07) is 6.29. The second-order valence-electron chi connectivity index (χ2n) is 4.73. The molecule has 0 amide bonds. The molecule has 0 saturated heterocycles. The highest BCUT2D eigenvalue weighted by Gasteiger charge is 2.38. The summed E-state index contributed by atoms with van der Waals surface area (Å²) in [6.45, 7) is 3.34. The van der Waals surface area contributed by atoms with Gasteiger partial charge in [-0.3, -0.25) is 4.99 Å². The van der Waals surface area contributed by atoms with Crippen LogP contribution >= 0.6 is 0 Å². The van der Waals surface area contributed by atoms with Gasteiger partial charge < -0.3 is 15.4 Å². The maximum absolute atomic E-state index is 13.0. The van der Waals surface area contributed by atoms with E-state index >= 15 is 0 Å². The highest BCUT2D eigenvalue weighted by atomic mass is 19.1. The van der Waals surface area contributed by atoms with E-state index in [-0.39, 0.29) is 11.4 Å². The summed E-state index contributed by atoms with van der Waals surface area (Å²) < 4.78 is 18.1. The monoisotopic (exact) mass is 251 g/mol. The van der Waals surface area contributed by atoms with Crippen LogP contribution in [0.1, 0.15) is 13.3 Å². The number of rotatable bonds is 4. The number of nitrogens with two attached hydrogens (primary N) is 1. The zero-order valence-electron chi connectivity index (χ0n) is 10.7. The minimum absolute atomic E-state index is 0.210. The lowest BCUT2D eigenvalue weighted by molar-refractivity contribution is 0.175. The minimum atomic E-state index is -0.257.